The van der Waals surface area contributed by atoms with E-state index < -0.39 is 5.82 Å². The number of aldehydes is 1. The van der Waals surface area contributed by atoms with E-state index in [-0.39, 0.29) is 5.56 Å². The van der Waals surface area contributed by atoms with E-state index in [4.69, 9.17) is 0 Å². The van der Waals surface area contributed by atoms with E-state index >= 15 is 0 Å². The highest BCUT2D eigenvalue weighted by Crippen LogP contribution is 2.28. The van der Waals surface area contributed by atoms with Gasteiger partial charge in [-0.05, 0) is 56.8 Å². The molecule has 0 atom stereocenters. The molecule has 1 aromatic rings. The summed E-state index contributed by atoms with van der Waals surface area (Å²) in [6.07, 6.45) is 5.58. The molecule has 1 aromatic carbocycles. The third-order valence-corrected chi connectivity index (χ3v) is 4.82. The topological polar surface area (TPSA) is 23.6 Å². The lowest BCUT2D eigenvalue weighted by atomic mass is 9.95. The Hall–Kier alpha value is -1.42. The molecule has 0 radical (unpaired) electrons. The van der Waals surface area contributed by atoms with Crippen molar-refractivity contribution in [2.24, 2.45) is 5.92 Å². The molecule has 0 saturated carbocycles. The minimum atomic E-state index is -0.415. The van der Waals surface area contributed by atoms with Crippen molar-refractivity contribution < 1.29 is 9.18 Å². The van der Waals surface area contributed by atoms with E-state index in [0.717, 1.165) is 37.5 Å². The van der Waals surface area contributed by atoms with Gasteiger partial charge in [0.15, 0.2) is 6.29 Å². The summed E-state index contributed by atoms with van der Waals surface area (Å²) in [4.78, 5) is 15.8. The van der Waals surface area contributed by atoms with Crippen molar-refractivity contribution in [2.45, 2.75) is 25.7 Å². The minimum Gasteiger partial charge on any atom is -0.371 e. The Morgan fingerprint density at radius 3 is 2.52 bits per heavy atom. The molecule has 2 fully saturated rings. The first-order valence-electron chi connectivity index (χ1n) is 7.99. The van der Waals surface area contributed by atoms with Crippen LogP contribution in [0.1, 0.15) is 36.0 Å². The summed E-state index contributed by atoms with van der Waals surface area (Å²) >= 11 is 0. The normalized spacial score (nSPS) is 20.9. The van der Waals surface area contributed by atoms with Gasteiger partial charge in [-0.25, -0.2) is 4.39 Å². The fourth-order valence-electron chi connectivity index (χ4n) is 3.60. The van der Waals surface area contributed by atoms with Crippen LogP contribution in [-0.2, 0) is 0 Å². The van der Waals surface area contributed by atoms with Gasteiger partial charge in [0.2, 0.25) is 0 Å². The predicted molar refractivity (Wildman–Crippen MR) is 82.4 cm³/mol. The lowest BCUT2D eigenvalue weighted by Gasteiger charge is -2.35. The van der Waals surface area contributed by atoms with Gasteiger partial charge in [0.05, 0.1) is 11.3 Å². The number of nitrogens with zero attached hydrogens (tertiary/aromatic N) is 2. The molecule has 2 saturated heterocycles. The van der Waals surface area contributed by atoms with Gasteiger partial charge in [0, 0.05) is 19.6 Å². The van der Waals surface area contributed by atoms with Crippen LogP contribution in [0.15, 0.2) is 18.2 Å². The lowest BCUT2D eigenvalue weighted by molar-refractivity contribution is 0.112. The van der Waals surface area contributed by atoms with E-state index in [1.165, 1.54) is 38.5 Å². The first-order chi connectivity index (χ1) is 10.3. The van der Waals surface area contributed by atoms with Crippen molar-refractivity contribution in [2.75, 3.05) is 37.6 Å². The zero-order valence-corrected chi connectivity index (χ0v) is 12.4. The first kappa shape index (κ1) is 14.5. The smallest absolute Gasteiger partial charge is 0.155 e. The molecular formula is C17H23FN2O. The molecule has 0 N–H and O–H groups in total. The molecule has 21 heavy (non-hydrogen) atoms. The summed E-state index contributed by atoms with van der Waals surface area (Å²) in [5.74, 6) is 0.328. The van der Waals surface area contributed by atoms with Crippen LogP contribution >= 0.6 is 0 Å². The lowest BCUT2D eigenvalue weighted by Crippen LogP contribution is -2.38. The number of benzene rings is 1. The second-order valence-corrected chi connectivity index (χ2v) is 6.23. The maximum absolute atomic E-state index is 13.7. The Bertz CT molecular complexity index is 492. The van der Waals surface area contributed by atoms with Crippen molar-refractivity contribution in [3.63, 3.8) is 0 Å². The molecule has 3 rings (SSSR count). The summed E-state index contributed by atoms with van der Waals surface area (Å²) in [7, 11) is 0. The quantitative estimate of drug-likeness (QED) is 0.797. The highest BCUT2D eigenvalue weighted by molar-refractivity contribution is 5.85. The third kappa shape index (κ3) is 3.26. The maximum Gasteiger partial charge on any atom is 0.155 e. The number of likely N-dealkylation sites (tertiary alicyclic amines) is 1. The summed E-state index contributed by atoms with van der Waals surface area (Å²) in [5, 5.41) is 0. The number of carbonyl (C=O) groups excluding carboxylic acids is 1. The zero-order valence-electron chi connectivity index (χ0n) is 12.4. The summed E-state index contributed by atoms with van der Waals surface area (Å²) < 4.78 is 13.7. The van der Waals surface area contributed by atoms with Crippen LogP contribution in [0.4, 0.5) is 10.1 Å². The SMILES string of the molecule is O=Cc1c(F)cccc1N1CCC(CN2CCCC2)CC1. The van der Waals surface area contributed by atoms with Crippen LogP contribution in [0, 0.1) is 11.7 Å². The van der Waals surface area contributed by atoms with E-state index in [0.29, 0.717) is 6.29 Å². The van der Waals surface area contributed by atoms with Gasteiger partial charge < -0.3 is 9.80 Å². The Morgan fingerprint density at radius 1 is 1.14 bits per heavy atom. The number of halogens is 1. The van der Waals surface area contributed by atoms with Crippen LogP contribution in [0.3, 0.4) is 0 Å². The van der Waals surface area contributed by atoms with Crippen molar-refractivity contribution in [1.82, 2.24) is 4.90 Å². The number of rotatable bonds is 4. The monoisotopic (exact) mass is 290 g/mol. The molecule has 0 unspecified atom stereocenters. The van der Waals surface area contributed by atoms with Crippen LogP contribution in [0.2, 0.25) is 0 Å². The molecule has 0 aromatic heterocycles. The fraction of sp³-hybridized carbons (Fsp3) is 0.588. The zero-order chi connectivity index (χ0) is 14.7. The predicted octanol–water partition coefficient (Wildman–Crippen LogP) is 2.95. The van der Waals surface area contributed by atoms with Crippen molar-refractivity contribution in [3.05, 3.63) is 29.6 Å². The number of anilines is 1. The maximum atomic E-state index is 13.7. The summed E-state index contributed by atoms with van der Waals surface area (Å²) in [5.41, 5.74) is 0.958. The average Bonchev–Trinajstić information content (AvgIpc) is 3.01. The molecule has 2 aliphatic heterocycles. The van der Waals surface area contributed by atoms with E-state index in [9.17, 15) is 9.18 Å². The molecule has 4 heteroatoms. The van der Waals surface area contributed by atoms with Gasteiger partial charge >= 0.3 is 0 Å². The molecule has 0 spiro atoms. The first-order valence-corrected chi connectivity index (χ1v) is 7.99. The Balaban J connectivity index is 1.60. The Morgan fingerprint density at radius 2 is 1.86 bits per heavy atom. The largest absolute Gasteiger partial charge is 0.371 e. The molecule has 2 aliphatic rings. The van der Waals surface area contributed by atoms with Crippen molar-refractivity contribution in [3.8, 4) is 0 Å². The molecule has 2 heterocycles. The van der Waals surface area contributed by atoms with Crippen molar-refractivity contribution >= 4 is 12.0 Å². The van der Waals surface area contributed by atoms with Crippen LogP contribution in [-0.4, -0.2) is 43.9 Å². The number of piperidine rings is 1. The summed E-state index contributed by atoms with van der Waals surface area (Å²) in [6.45, 7) is 5.54. The average molecular weight is 290 g/mol. The van der Waals surface area contributed by atoms with E-state index in [2.05, 4.69) is 9.80 Å². The molecule has 114 valence electrons. The molecule has 0 bridgehead atoms. The Labute approximate surface area is 125 Å². The highest BCUT2D eigenvalue weighted by Gasteiger charge is 2.24. The van der Waals surface area contributed by atoms with Gasteiger partial charge in [-0.3, -0.25) is 4.79 Å². The Kier molecular flexibility index (Phi) is 4.54. The van der Waals surface area contributed by atoms with Gasteiger partial charge in [-0.15, -0.1) is 0 Å². The molecule has 3 nitrogen and oxygen atoms in total. The number of hydrogen-bond acceptors (Lipinski definition) is 3. The van der Waals surface area contributed by atoms with Gasteiger partial charge in [0.1, 0.15) is 5.82 Å². The summed E-state index contributed by atoms with van der Waals surface area (Å²) in [6, 6.07) is 4.90. The second-order valence-electron chi connectivity index (χ2n) is 6.23. The second kappa shape index (κ2) is 6.56. The minimum absolute atomic E-state index is 0.204. The van der Waals surface area contributed by atoms with Crippen LogP contribution in [0.5, 0.6) is 0 Å². The van der Waals surface area contributed by atoms with Gasteiger partial charge in [-0.1, -0.05) is 6.07 Å². The van der Waals surface area contributed by atoms with Gasteiger partial charge in [0.25, 0.3) is 0 Å². The van der Waals surface area contributed by atoms with Crippen molar-refractivity contribution in [1.29, 1.82) is 0 Å². The molecule has 0 amide bonds. The van der Waals surface area contributed by atoms with E-state index in [1.54, 1.807) is 6.07 Å². The van der Waals surface area contributed by atoms with E-state index in [1.807, 2.05) is 6.07 Å². The third-order valence-electron chi connectivity index (χ3n) is 4.82. The molecular weight excluding hydrogens is 267 g/mol. The standard InChI is InChI=1S/C17H23FN2O/c18-16-4-3-5-17(15(16)13-21)20-10-6-14(7-11-20)12-19-8-1-2-9-19/h3-5,13-14H,1-2,6-12H2. The molecule has 0 aliphatic carbocycles. The van der Waals surface area contributed by atoms with Crippen LogP contribution in [0.25, 0.3) is 0 Å². The highest BCUT2D eigenvalue weighted by atomic mass is 19.1. The number of carbonyl (C=O) groups is 1. The van der Waals surface area contributed by atoms with Gasteiger partial charge in [-0.2, -0.15) is 0 Å². The fourth-order valence-corrected chi connectivity index (χ4v) is 3.60. The van der Waals surface area contributed by atoms with Crippen LogP contribution < -0.4 is 4.90 Å². The number of hydrogen-bond donors (Lipinski definition) is 0.